The first-order chi connectivity index (χ1) is 28.3. The molecule has 2 fully saturated rings. The Morgan fingerprint density at radius 1 is 0.317 bits per heavy atom. The van der Waals surface area contributed by atoms with E-state index in [1.54, 1.807) is 41.2 Å². The van der Waals surface area contributed by atoms with Crippen LogP contribution in [0.2, 0.25) is 0 Å². The van der Waals surface area contributed by atoms with Crippen molar-refractivity contribution in [3.8, 4) is 28.7 Å². The molecule has 0 N–H and O–H groups in total. The first-order valence-corrected chi connectivity index (χ1v) is 21.3. The second kappa shape index (κ2) is 20.7. The molecule has 7 heteroatoms. The number of hydrogen-bond donors (Lipinski definition) is 0. The summed E-state index contributed by atoms with van der Waals surface area (Å²) in [5, 5.41) is 0.782. The predicted octanol–water partition coefficient (Wildman–Crippen LogP) is 12.6. The van der Waals surface area contributed by atoms with Gasteiger partial charge in [0.1, 0.15) is 28.7 Å². The van der Waals surface area contributed by atoms with Gasteiger partial charge >= 0.3 is 0 Å². The minimum atomic E-state index is -0.101. The molecule has 0 atom stereocenters. The zero-order valence-electron chi connectivity index (χ0n) is 36.7. The van der Waals surface area contributed by atoms with E-state index in [4.69, 9.17) is 23.7 Å². The normalized spacial score (nSPS) is 15.9. The smallest absolute Gasteiger partial charge is 0.118 e. The van der Waals surface area contributed by atoms with E-state index in [0.717, 1.165) is 86.2 Å². The number of hydrogen-bond acceptors (Lipinski definition) is 5. The fraction of sp³-hybridized carbons (Fsp3) is 0.245. The molecule has 60 heavy (non-hydrogen) atoms. The molecule has 5 aromatic rings. The van der Waals surface area contributed by atoms with Crippen molar-refractivity contribution in [2.75, 3.05) is 35.5 Å². The molecule has 0 aliphatic heterocycles. The summed E-state index contributed by atoms with van der Waals surface area (Å²) < 4.78 is 27.7. The summed E-state index contributed by atoms with van der Waals surface area (Å²) in [6.45, 7) is 14.1. The van der Waals surface area contributed by atoms with Crippen LogP contribution in [0.1, 0.15) is 69.4 Å². The van der Waals surface area contributed by atoms with Crippen LogP contribution in [-0.4, -0.2) is 45.9 Å². The van der Waals surface area contributed by atoms with Gasteiger partial charge in [-0.3, -0.25) is 0 Å². The Labute approximate surface area is 373 Å². The Morgan fingerprint density at radius 3 is 0.650 bits per heavy atom. The van der Waals surface area contributed by atoms with Gasteiger partial charge in [0.25, 0.3) is 0 Å². The van der Waals surface area contributed by atoms with Gasteiger partial charge in [0.15, 0.2) is 0 Å². The maximum Gasteiger partial charge on any atom is 0.118 e. The van der Waals surface area contributed by atoms with Gasteiger partial charge in [-0.25, -0.2) is 0 Å². The first-order valence-electron chi connectivity index (χ1n) is 19.9. The molecule has 0 bridgehead atoms. The van der Waals surface area contributed by atoms with Crippen LogP contribution in [0.4, 0.5) is 0 Å². The molecule has 0 unspecified atom stereocenters. The molecule has 0 amide bonds. The second-order valence-electron chi connectivity index (χ2n) is 16.3. The minimum Gasteiger partial charge on any atom is -0.497 e. The quantitative estimate of drug-likeness (QED) is 0.0978. The van der Waals surface area contributed by atoms with Gasteiger partial charge in [0.05, 0.1) is 35.5 Å². The predicted molar refractivity (Wildman–Crippen MR) is 244 cm³/mol. The molecule has 2 saturated carbocycles. The number of methoxy groups -OCH3 is 5. The van der Waals surface area contributed by atoms with Crippen molar-refractivity contribution >= 4 is 7.92 Å². The summed E-state index contributed by atoms with van der Waals surface area (Å²) >= 11 is 0. The van der Waals surface area contributed by atoms with E-state index in [-0.39, 0.29) is 25.0 Å². The molecule has 2 aliphatic rings. The van der Waals surface area contributed by atoms with E-state index < -0.39 is 0 Å². The third-order valence-corrected chi connectivity index (χ3v) is 13.9. The summed E-state index contributed by atoms with van der Waals surface area (Å²) in [5.74, 6) is 9.57. The van der Waals surface area contributed by atoms with E-state index in [2.05, 4.69) is 128 Å². The Morgan fingerprint density at radius 2 is 0.500 bits per heavy atom. The largest absolute Gasteiger partial charge is 0.497 e. The molecule has 5 nitrogen and oxygen atoms in total. The SMILES string of the molecule is CC(C)(C)P([C]1[CH][CH][CH][CH]1)C(C)(C)C.COc1ccc([C]2[C](c3ccc(OC)cc3)[C](c3ccc(OC)cc3)[C](c3ccc(OC)cc3)[C]2c2ccc(OC)cc2)cc1.[Fe]. The van der Waals surface area contributed by atoms with Crippen LogP contribution in [0.25, 0.3) is 0 Å². The van der Waals surface area contributed by atoms with Crippen molar-refractivity contribution in [1.82, 2.24) is 0 Å². The molecular formula is C53H57FeO5P. The first kappa shape index (κ1) is 47.1. The van der Waals surface area contributed by atoms with Gasteiger partial charge in [-0.05, 0) is 124 Å². The molecule has 0 heterocycles. The Hall–Kier alpha value is -3.95. The topological polar surface area (TPSA) is 46.2 Å². The fourth-order valence-corrected chi connectivity index (χ4v) is 12.2. The monoisotopic (exact) mass is 860 g/mol. The zero-order valence-corrected chi connectivity index (χ0v) is 38.7. The van der Waals surface area contributed by atoms with Crippen molar-refractivity contribution in [2.24, 2.45) is 0 Å². The fourth-order valence-electron chi connectivity index (χ4n) is 8.15. The summed E-state index contributed by atoms with van der Waals surface area (Å²) in [5.41, 5.74) is 6.90. The van der Waals surface area contributed by atoms with E-state index in [1.165, 1.54) is 0 Å². The van der Waals surface area contributed by atoms with Gasteiger partial charge in [0.2, 0.25) is 0 Å². The molecular weight excluding hydrogens is 803 g/mol. The average Bonchev–Trinajstić information content (AvgIpc) is 3.90. The minimum absolute atomic E-state index is 0. The number of rotatable bonds is 11. The maximum atomic E-state index is 5.55. The van der Waals surface area contributed by atoms with E-state index in [9.17, 15) is 0 Å². The zero-order chi connectivity index (χ0) is 42.3. The van der Waals surface area contributed by atoms with E-state index >= 15 is 0 Å². The Kier molecular flexibility index (Phi) is 16.3. The summed E-state index contributed by atoms with van der Waals surface area (Å²) in [6, 6.07) is 41.4. The molecule has 0 spiro atoms. The van der Waals surface area contributed by atoms with Crippen LogP contribution in [-0.2, 0) is 17.1 Å². The van der Waals surface area contributed by atoms with Crippen LogP contribution in [0.15, 0.2) is 121 Å². The molecule has 312 valence electrons. The third kappa shape index (κ3) is 10.7. The Bertz CT molecular complexity index is 1710. The van der Waals surface area contributed by atoms with Gasteiger partial charge in [-0.1, -0.05) is 110 Å². The average molecular weight is 861 g/mol. The van der Waals surface area contributed by atoms with Crippen LogP contribution < -0.4 is 23.7 Å². The maximum absolute atomic E-state index is 5.55. The van der Waals surface area contributed by atoms with Gasteiger partial charge < -0.3 is 23.7 Å². The molecule has 10 radical (unpaired) electrons. The number of ether oxygens (including phenoxy) is 5. The summed E-state index contributed by atoms with van der Waals surface area (Å²) in [6.07, 6.45) is 8.87. The van der Waals surface area contributed by atoms with Crippen LogP contribution in [0.5, 0.6) is 28.7 Å². The van der Waals surface area contributed by atoms with Crippen LogP contribution in [0, 0.1) is 60.9 Å². The van der Waals surface area contributed by atoms with Gasteiger partial charge in [-0.2, -0.15) is 0 Å². The van der Waals surface area contributed by atoms with Gasteiger partial charge in [0, 0.05) is 52.3 Å². The third-order valence-electron chi connectivity index (χ3n) is 10.4. The molecule has 7 rings (SSSR count). The van der Waals surface area contributed by atoms with Crippen molar-refractivity contribution in [3.63, 3.8) is 0 Å². The van der Waals surface area contributed by atoms with E-state index in [0.29, 0.717) is 10.3 Å². The van der Waals surface area contributed by atoms with Crippen molar-refractivity contribution in [2.45, 2.75) is 51.9 Å². The van der Waals surface area contributed by atoms with Crippen LogP contribution >= 0.6 is 7.92 Å². The van der Waals surface area contributed by atoms with Gasteiger partial charge in [-0.15, -0.1) is 0 Å². The second-order valence-corrected chi connectivity index (χ2v) is 20.2. The van der Waals surface area contributed by atoms with Crippen molar-refractivity contribution in [3.05, 3.63) is 210 Å². The summed E-state index contributed by atoms with van der Waals surface area (Å²) in [4.78, 5) is 0. The standard InChI is InChI=1S/C40H35O5.C13H22P.Fe/c1-41-31-16-6-26(7-17-31)36-37(27-8-18-32(42-2)19-9-27)39(29-12-22-34(44-4)23-13-29)40(30-14-24-35(45-5)25-15-30)38(36)28-10-20-33(43-3)21-11-28;1-12(2,3)14(13(4,5)6)11-9-7-8-10-11;/h6-25H,1-5H3;7-10H,1-6H3;. The van der Waals surface area contributed by atoms with Crippen molar-refractivity contribution < 1.29 is 40.8 Å². The summed E-state index contributed by atoms with van der Waals surface area (Å²) in [7, 11) is 8.33. The molecule has 2 aliphatic carbocycles. The molecule has 0 aromatic heterocycles. The molecule has 5 aromatic carbocycles. The number of benzene rings is 5. The molecule has 0 saturated heterocycles. The van der Waals surface area contributed by atoms with Crippen molar-refractivity contribution in [1.29, 1.82) is 0 Å². The van der Waals surface area contributed by atoms with E-state index in [1.807, 2.05) is 60.7 Å². The van der Waals surface area contributed by atoms with Crippen LogP contribution in [0.3, 0.4) is 0 Å². The Balaban J connectivity index is 0.000000388.